The molecule has 9 heteroatoms. The minimum absolute atomic E-state index is 0.00216. The Kier molecular flexibility index (Phi) is 15.1. The van der Waals surface area contributed by atoms with E-state index in [0.29, 0.717) is 34.0 Å². The van der Waals surface area contributed by atoms with Crippen molar-refractivity contribution in [3.63, 3.8) is 0 Å². The highest BCUT2D eigenvalue weighted by atomic mass is 35.5. The number of nitriles is 1. The molecule has 0 radical (unpaired) electrons. The Hall–Kier alpha value is -3.34. The van der Waals surface area contributed by atoms with Crippen LogP contribution in [-0.2, 0) is 4.79 Å². The lowest BCUT2D eigenvalue weighted by Crippen LogP contribution is -2.19. The Morgan fingerprint density at radius 2 is 1.88 bits per heavy atom. The van der Waals surface area contributed by atoms with Gasteiger partial charge in [0.2, 0.25) is 0 Å². The van der Waals surface area contributed by atoms with Crippen molar-refractivity contribution in [2.45, 2.75) is 66.9 Å². The first-order valence-electron chi connectivity index (χ1n) is 13.2. The number of nitrogens with one attached hydrogen (secondary N) is 1. The highest BCUT2D eigenvalue weighted by molar-refractivity contribution is 6.42. The van der Waals surface area contributed by atoms with Gasteiger partial charge in [-0.15, -0.1) is 0 Å². The number of benzene rings is 2. The summed E-state index contributed by atoms with van der Waals surface area (Å²) >= 11 is 11.9. The zero-order valence-corrected chi connectivity index (χ0v) is 25.7. The maximum Gasteiger partial charge on any atom is 0.166 e. The van der Waals surface area contributed by atoms with Gasteiger partial charge in [0.25, 0.3) is 0 Å². The Balaban J connectivity index is 0.00000103. The molecular weight excluding hydrogens is 552 g/mol. The standard InChI is InChI=1S/C25H26Cl2FN3O2.C4H6O.C2H6/c1-5-14(3)9-16(6-2)33-22-10-17-20(11-21(22)32-4)30-13-15(12-29)25(17)31-19-8-7-18(26)23(27)24(19)28;1-3-4(2)5;1-2/h7-8,10-11,13-14,16H,5-6,9H2,1-4H3,(H,30,31);3H,1H2,2H3;1-2H3. The number of carbonyl (C=O) groups excluding carboxylic acids is 1. The van der Waals surface area contributed by atoms with E-state index >= 15 is 0 Å². The molecule has 40 heavy (non-hydrogen) atoms. The van der Waals surface area contributed by atoms with E-state index in [4.69, 9.17) is 32.7 Å². The van der Waals surface area contributed by atoms with Gasteiger partial charge in [-0.05, 0) is 50.0 Å². The molecule has 3 rings (SSSR count). The van der Waals surface area contributed by atoms with Crippen molar-refractivity contribution >= 4 is 51.3 Å². The maximum atomic E-state index is 14.7. The van der Waals surface area contributed by atoms with Crippen LogP contribution in [0.2, 0.25) is 10.0 Å². The lowest BCUT2D eigenvalue weighted by Gasteiger charge is -2.22. The summed E-state index contributed by atoms with van der Waals surface area (Å²) in [7, 11) is 1.57. The van der Waals surface area contributed by atoms with E-state index in [1.807, 2.05) is 13.8 Å². The van der Waals surface area contributed by atoms with Crippen molar-refractivity contribution in [3.05, 3.63) is 64.5 Å². The van der Waals surface area contributed by atoms with E-state index < -0.39 is 5.82 Å². The molecule has 0 bridgehead atoms. The smallest absolute Gasteiger partial charge is 0.166 e. The van der Waals surface area contributed by atoms with Crippen LogP contribution in [0, 0.1) is 23.1 Å². The van der Waals surface area contributed by atoms with E-state index in [1.54, 1.807) is 19.2 Å². The number of methoxy groups -OCH3 is 1. The highest BCUT2D eigenvalue weighted by Gasteiger charge is 2.20. The van der Waals surface area contributed by atoms with Crippen LogP contribution in [0.1, 0.15) is 66.4 Å². The topological polar surface area (TPSA) is 84.2 Å². The van der Waals surface area contributed by atoms with Gasteiger partial charge in [0, 0.05) is 17.6 Å². The van der Waals surface area contributed by atoms with Crippen LogP contribution in [0.4, 0.5) is 15.8 Å². The van der Waals surface area contributed by atoms with Gasteiger partial charge in [-0.25, -0.2) is 4.39 Å². The van der Waals surface area contributed by atoms with E-state index in [1.165, 1.54) is 31.3 Å². The first-order chi connectivity index (χ1) is 19.1. The van der Waals surface area contributed by atoms with Crippen LogP contribution >= 0.6 is 23.2 Å². The van der Waals surface area contributed by atoms with E-state index in [2.05, 4.69) is 43.7 Å². The van der Waals surface area contributed by atoms with E-state index in [-0.39, 0.29) is 33.2 Å². The highest BCUT2D eigenvalue weighted by Crippen LogP contribution is 2.39. The van der Waals surface area contributed by atoms with E-state index in [9.17, 15) is 14.4 Å². The average Bonchev–Trinajstić information content (AvgIpc) is 2.97. The number of nitrogens with zero attached hydrogens (tertiary/aromatic N) is 2. The number of hydrogen-bond donors (Lipinski definition) is 1. The minimum atomic E-state index is -0.706. The lowest BCUT2D eigenvalue weighted by atomic mass is 9.99. The van der Waals surface area contributed by atoms with Gasteiger partial charge < -0.3 is 14.8 Å². The number of ketones is 1. The van der Waals surface area contributed by atoms with Crippen molar-refractivity contribution in [1.29, 1.82) is 5.26 Å². The fourth-order valence-electron chi connectivity index (χ4n) is 3.52. The molecule has 1 N–H and O–H groups in total. The third kappa shape index (κ3) is 9.39. The third-order valence-corrected chi connectivity index (χ3v) is 6.75. The Labute approximate surface area is 247 Å². The number of carbonyl (C=O) groups is 1. The van der Waals surface area contributed by atoms with Crippen LogP contribution in [0.5, 0.6) is 11.5 Å². The second kappa shape index (κ2) is 17.4. The first-order valence-corrected chi connectivity index (χ1v) is 14.0. The monoisotopic (exact) mass is 589 g/mol. The molecule has 1 aromatic heterocycles. The molecule has 0 aliphatic carbocycles. The van der Waals surface area contributed by atoms with E-state index in [0.717, 1.165) is 19.3 Å². The number of rotatable bonds is 10. The van der Waals surface area contributed by atoms with Crippen LogP contribution in [0.3, 0.4) is 0 Å². The summed E-state index contributed by atoms with van der Waals surface area (Å²) in [5.41, 5.74) is 1.30. The van der Waals surface area contributed by atoms with Gasteiger partial charge in [-0.1, -0.05) is 70.8 Å². The number of ether oxygens (including phenoxy) is 2. The molecule has 3 aromatic rings. The molecule has 0 saturated carbocycles. The number of halogens is 3. The predicted octanol–water partition coefficient (Wildman–Crippen LogP) is 9.69. The van der Waals surface area contributed by atoms with Crippen molar-refractivity contribution < 1.29 is 18.7 Å². The number of hydrogen-bond acceptors (Lipinski definition) is 6. The second-order valence-corrected chi connectivity index (χ2v) is 9.52. The van der Waals surface area contributed by atoms with Crippen LogP contribution in [0.15, 0.2) is 43.1 Å². The lowest BCUT2D eigenvalue weighted by molar-refractivity contribution is -0.112. The predicted molar refractivity (Wildman–Crippen MR) is 164 cm³/mol. The van der Waals surface area contributed by atoms with Gasteiger partial charge in [0.1, 0.15) is 6.07 Å². The fourth-order valence-corrected chi connectivity index (χ4v) is 3.83. The summed E-state index contributed by atoms with van der Waals surface area (Å²) in [5.74, 6) is 0.902. The molecule has 0 aliphatic heterocycles. The second-order valence-electron chi connectivity index (χ2n) is 8.74. The van der Waals surface area contributed by atoms with Crippen molar-refractivity contribution in [2.75, 3.05) is 12.4 Å². The normalized spacial score (nSPS) is 11.5. The maximum absolute atomic E-state index is 14.7. The van der Waals surface area contributed by atoms with Crippen molar-refractivity contribution in [2.24, 2.45) is 5.92 Å². The van der Waals surface area contributed by atoms with Gasteiger partial charge >= 0.3 is 0 Å². The number of anilines is 2. The zero-order chi connectivity index (χ0) is 30.4. The molecule has 1 heterocycles. The average molecular weight is 591 g/mol. The summed E-state index contributed by atoms with van der Waals surface area (Å²) in [4.78, 5) is 14.1. The Bertz CT molecular complexity index is 1340. The summed E-state index contributed by atoms with van der Waals surface area (Å²) in [5, 5.41) is 13.2. The number of aromatic nitrogens is 1. The molecule has 0 spiro atoms. The van der Waals surface area contributed by atoms with Gasteiger partial charge in [-0.3, -0.25) is 9.78 Å². The molecule has 2 unspecified atom stereocenters. The number of fused-ring (bicyclic) bond motifs is 1. The molecule has 0 saturated heterocycles. The number of pyridine rings is 1. The quantitative estimate of drug-likeness (QED) is 0.187. The van der Waals surface area contributed by atoms with Crippen LogP contribution in [0.25, 0.3) is 10.9 Å². The first kappa shape index (κ1) is 34.7. The molecular formula is C31H38Cl2FN3O3. The zero-order valence-electron chi connectivity index (χ0n) is 24.2. The molecule has 0 amide bonds. The van der Waals surface area contributed by atoms with Crippen molar-refractivity contribution in [3.8, 4) is 17.6 Å². The fraction of sp³-hybridized carbons (Fsp3) is 0.387. The van der Waals surface area contributed by atoms with Gasteiger partial charge in [0.15, 0.2) is 23.1 Å². The third-order valence-electron chi connectivity index (χ3n) is 5.97. The molecule has 2 atom stereocenters. The summed E-state index contributed by atoms with van der Waals surface area (Å²) in [6, 6.07) is 8.59. The van der Waals surface area contributed by atoms with Crippen LogP contribution < -0.4 is 14.8 Å². The van der Waals surface area contributed by atoms with Gasteiger partial charge in [0.05, 0.1) is 45.7 Å². The molecule has 6 nitrogen and oxygen atoms in total. The molecule has 216 valence electrons. The Morgan fingerprint density at radius 1 is 1.23 bits per heavy atom. The Morgan fingerprint density at radius 3 is 2.40 bits per heavy atom. The largest absolute Gasteiger partial charge is 0.493 e. The molecule has 0 aliphatic rings. The molecule has 0 fully saturated rings. The summed E-state index contributed by atoms with van der Waals surface area (Å²) < 4.78 is 26.6. The number of allylic oxidation sites excluding steroid dienone is 1. The summed E-state index contributed by atoms with van der Waals surface area (Å²) in [6.07, 6.45) is 5.51. The van der Waals surface area contributed by atoms with Gasteiger partial charge in [-0.2, -0.15) is 5.26 Å². The van der Waals surface area contributed by atoms with Crippen molar-refractivity contribution in [1.82, 2.24) is 4.98 Å². The van der Waals surface area contributed by atoms with Crippen LogP contribution in [-0.4, -0.2) is 24.0 Å². The minimum Gasteiger partial charge on any atom is -0.493 e. The SMILES string of the molecule is C=CC(C)=O.CC.CCC(C)CC(CC)Oc1cc2c(Nc3ccc(Cl)c(Cl)c3F)c(C#N)cnc2cc1OC. The summed E-state index contributed by atoms with van der Waals surface area (Å²) in [6.45, 7) is 15.1. The molecule has 2 aromatic carbocycles.